The first-order chi connectivity index (χ1) is 6.68. The number of anilines is 1. The van der Waals surface area contributed by atoms with Gasteiger partial charge in [-0.25, -0.2) is 0 Å². The number of rotatable bonds is 4. The van der Waals surface area contributed by atoms with Crippen molar-refractivity contribution in [2.24, 2.45) is 5.92 Å². The van der Waals surface area contributed by atoms with Crippen LogP contribution in [0, 0.1) is 16.0 Å². The summed E-state index contributed by atoms with van der Waals surface area (Å²) in [5.74, 6) is 0.703. The number of nitro groups is 1. The molecule has 1 heterocycles. The number of nitrogens with zero attached hydrogens (tertiary/aromatic N) is 1. The van der Waals surface area contributed by atoms with Crippen LogP contribution in [0.25, 0.3) is 0 Å². The minimum Gasteiger partial charge on any atom is -0.376 e. The van der Waals surface area contributed by atoms with Crippen LogP contribution in [0.3, 0.4) is 0 Å². The highest BCUT2D eigenvalue weighted by molar-refractivity contribution is 7.14. The van der Waals surface area contributed by atoms with E-state index in [2.05, 4.69) is 12.2 Å². The van der Waals surface area contributed by atoms with Gasteiger partial charge in [0.05, 0.1) is 4.92 Å². The third kappa shape index (κ3) is 1.87. The molecule has 1 aromatic heterocycles. The lowest BCUT2D eigenvalue weighted by Gasteiger charge is -2.11. The molecule has 0 spiro atoms. The molecule has 5 heteroatoms. The van der Waals surface area contributed by atoms with E-state index >= 15 is 0 Å². The van der Waals surface area contributed by atoms with Gasteiger partial charge in [0.1, 0.15) is 5.69 Å². The van der Waals surface area contributed by atoms with Crippen molar-refractivity contribution in [1.82, 2.24) is 0 Å². The molecule has 4 nitrogen and oxygen atoms in total. The van der Waals surface area contributed by atoms with Crippen molar-refractivity contribution in [2.45, 2.75) is 25.8 Å². The second-order valence-corrected chi connectivity index (χ2v) is 4.56. The van der Waals surface area contributed by atoms with Crippen molar-refractivity contribution in [3.8, 4) is 0 Å². The largest absolute Gasteiger partial charge is 0.376 e. The van der Waals surface area contributed by atoms with Crippen LogP contribution in [-0.4, -0.2) is 11.0 Å². The van der Waals surface area contributed by atoms with Crippen LogP contribution < -0.4 is 5.32 Å². The van der Waals surface area contributed by atoms with E-state index in [1.54, 1.807) is 11.4 Å². The minimum absolute atomic E-state index is 0.220. The molecule has 0 bridgehead atoms. The standard InChI is InChI=1S/C9H12N2O2S/c1-6(7-2-3-7)10-8-4-5-14-9(8)11(12)13/h4-7,10H,2-3H2,1H3. The molecule has 1 aliphatic rings. The molecule has 1 atom stereocenters. The minimum atomic E-state index is -0.327. The predicted octanol–water partition coefficient (Wildman–Crippen LogP) is 2.87. The van der Waals surface area contributed by atoms with Gasteiger partial charge in [-0.1, -0.05) is 11.3 Å². The average Bonchev–Trinajstić information content (AvgIpc) is 2.87. The Balaban J connectivity index is 2.07. The summed E-state index contributed by atoms with van der Waals surface area (Å²) in [6.07, 6.45) is 2.48. The zero-order chi connectivity index (χ0) is 10.1. The Bertz CT molecular complexity index is 346. The van der Waals surface area contributed by atoms with Crippen LogP contribution in [0.15, 0.2) is 11.4 Å². The lowest BCUT2D eigenvalue weighted by Crippen LogP contribution is -2.17. The van der Waals surface area contributed by atoms with Gasteiger partial charge in [-0.15, -0.1) is 0 Å². The molecule has 0 amide bonds. The third-order valence-electron chi connectivity index (χ3n) is 2.52. The molecular formula is C9H12N2O2S. The monoisotopic (exact) mass is 212 g/mol. The van der Waals surface area contributed by atoms with E-state index in [9.17, 15) is 10.1 Å². The fraction of sp³-hybridized carbons (Fsp3) is 0.556. The Morgan fingerprint density at radius 2 is 2.43 bits per heavy atom. The summed E-state index contributed by atoms with van der Waals surface area (Å²) in [6.45, 7) is 2.08. The van der Waals surface area contributed by atoms with E-state index in [0.29, 0.717) is 17.6 Å². The molecule has 1 unspecified atom stereocenters. The zero-order valence-electron chi connectivity index (χ0n) is 7.90. The van der Waals surface area contributed by atoms with E-state index in [1.807, 2.05) is 0 Å². The Morgan fingerprint density at radius 3 is 3.00 bits per heavy atom. The van der Waals surface area contributed by atoms with Gasteiger partial charge in [0, 0.05) is 6.04 Å². The quantitative estimate of drug-likeness (QED) is 0.616. The van der Waals surface area contributed by atoms with Crippen molar-refractivity contribution in [2.75, 3.05) is 5.32 Å². The summed E-state index contributed by atoms with van der Waals surface area (Å²) in [7, 11) is 0. The first kappa shape index (κ1) is 9.45. The lowest BCUT2D eigenvalue weighted by molar-refractivity contribution is -0.379. The maximum absolute atomic E-state index is 10.6. The second-order valence-electron chi connectivity index (χ2n) is 3.67. The fourth-order valence-corrected chi connectivity index (χ4v) is 2.18. The van der Waals surface area contributed by atoms with Crippen LogP contribution in [0.1, 0.15) is 19.8 Å². The van der Waals surface area contributed by atoms with Gasteiger partial charge < -0.3 is 5.32 Å². The molecule has 14 heavy (non-hydrogen) atoms. The van der Waals surface area contributed by atoms with E-state index in [4.69, 9.17) is 0 Å². The summed E-state index contributed by atoms with van der Waals surface area (Å²) < 4.78 is 0. The fourth-order valence-electron chi connectivity index (χ4n) is 1.51. The molecule has 0 aliphatic heterocycles. The number of hydrogen-bond donors (Lipinski definition) is 1. The molecule has 1 N–H and O–H groups in total. The average molecular weight is 212 g/mol. The molecule has 76 valence electrons. The van der Waals surface area contributed by atoms with E-state index in [-0.39, 0.29) is 9.92 Å². The second kappa shape index (κ2) is 3.57. The van der Waals surface area contributed by atoms with Gasteiger partial charge in [0.15, 0.2) is 0 Å². The van der Waals surface area contributed by atoms with Crippen molar-refractivity contribution in [3.63, 3.8) is 0 Å². The molecule has 0 saturated heterocycles. The highest BCUT2D eigenvalue weighted by atomic mass is 32.1. The summed E-state index contributed by atoms with van der Waals surface area (Å²) in [5.41, 5.74) is 0.666. The molecule has 1 fully saturated rings. The first-order valence-corrected chi connectivity index (χ1v) is 5.55. The van der Waals surface area contributed by atoms with Gasteiger partial charge >= 0.3 is 5.00 Å². The topological polar surface area (TPSA) is 55.2 Å². The van der Waals surface area contributed by atoms with Crippen LogP contribution in [-0.2, 0) is 0 Å². The summed E-state index contributed by atoms with van der Waals surface area (Å²) in [6, 6.07) is 2.13. The first-order valence-electron chi connectivity index (χ1n) is 4.67. The van der Waals surface area contributed by atoms with Crippen molar-refractivity contribution in [1.29, 1.82) is 0 Å². The van der Waals surface area contributed by atoms with E-state index in [1.165, 1.54) is 24.2 Å². The zero-order valence-corrected chi connectivity index (χ0v) is 8.71. The highest BCUT2D eigenvalue weighted by Gasteiger charge is 2.29. The van der Waals surface area contributed by atoms with Crippen molar-refractivity contribution >= 4 is 22.0 Å². The van der Waals surface area contributed by atoms with Gasteiger partial charge in [-0.3, -0.25) is 10.1 Å². The molecule has 1 aromatic rings. The molecule has 0 aromatic carbocycles. The van der Waals surface area contributed by atoms with Gasteiger partial charge in [-0.05, 0) is 37.1 Å². The predicted molar refractivity (Wildman–Crippen MR) is 56.8 cm³/mol. The molecule has 1 saturated carbocycles. The Labute approximate surface area is 86.1 Å². The van der Waals surface area contributed by atoms with E-state index in [0.717, 1.165) is 0 Å². The van der Waals surface area contributed by atoms with Crippen molar-refractivity contribution in [3.05, 3.63) is 21.6 Å². The summed E-state index contributed by atoms with van der Waals surface area (Å²) in [4.78, 5) is 10.3. The molecule has 0 radical (unpaired) electrons. The lowest BCUT2D eigenvalue weighted by atomic mass is 10.2. The normalized spacial score (nSPS) is 17.8. The van der Waals surface area contributed by atoms with Gasteiger partial charge in [0.2, 0.25) is 0 Å². The molecule has 1 aliphatic carbocycles. The maximum Gasteiger partial charge on any atom is 0.347 e. The molecule has 2 rings (SSSR count). The van der Waals surface area contributed by atoms with Gasteiger partial charge in [0.25, 0.3) is 0 Å². The summed E-state index contributed by atoms with van der Waals surface area (Å²) in [5, 5.41) is 15.8. The molecular weight excluding hydrogens is 200 g/mol. The SMILES string of the molecule is CC(Nc1ccsc1[N+](=O)[O-])C1CC1. The third-order valence-corrected chi connectivity index (χ3v) is 3.39. The Kier molecular flexibility index (Phi) is 2.41. The van der Waals surface area contributed by atoms with Crippen LogP contribution in [0.2, 0.25) is 0 Å². The van der Waals surface area contributed by atoms with Crippen LogP contribution in [0.4, 0.5) is 10.7 Å². The Hall–Kier alpha value is -1.10. The van der Waals surface area contributed by atoms with Crippen LogP contribution in [0.5, 0.6) is 0 Å². The summed E-state index contributed by atoms with van der Waals surface area (Å²) >= 11 is 1.17. The van der Waals surface area contributed by atoms with E-state index < -0.39 is 0 Å². The number of nitrogens with one attached hydrogen (secondary N) is 1. The smallest absolute Gasteiger partial charge is 0.347 e. The Morgan fingerprint density at radius 1 is 1.71 bits per heavy atom. The maximum atomic E-state index is 10.6. The van der Waals surface area contributed by atoms with Crippen LogP contribution >= 0.6 is 11.3 Å². The number of thiophene rings is 1. The van der Waals surface area contributed by atoms with Crippen molar-refractivity contribution < 1.29 is 4.92 Å². The van der Waals surface area contributed by atoms with Gasteiger partial charge in [-0.2, -0.15) is 0 Å². The number of hydrogen-bond acceptors (Lipinski definition) is 4. The highest BCUT2D eigenvalue weighted by Crippen LogP contribution is 2.37.